The van der Waals surface area contributed by atoms with E-state index in [9.17, 15) is 9.90 Å². The molecule has 0 spiro atoms. The molecule has 0 atom stereocenters. The smallest absolute Gasteiger partial charge is 0.260 e. The molecule has 0 bridgehead atoms. The molecule has 21 heavy (non-hydrogen) atoms. The lowest BCUT2D eigenvalue weighted by Crippen LogP contribution is -2.13. The Balaban J connectivity index is 2.20. The summed E-state index contributed by atoms with van der Waals surface area (Å²) in [7, 11) is 1.50. The summed E-state index contributed by atoms with van der Waals surface area (Å²) in [5.74, 6) is 0.348. The lowest BCUT2D eigenvalue weighted by molar-refractivity contribution is 0.102. The fourth-order valence-corrected chi connectivity index (χ4v) is 1.78. The van der Waals surface area contributed by atoms with E-state index in [1.165, 1.54) is 19.2 Å². The number of nitrogens with zero attached hydrogens (tertiary/aromatic N) is 1. The van der Waals surface area contributed by atoms with E-state index in [0.29, 0.717) is 11.6 Å². The van der Waals surface area contributed by atoms with Crippen LogP contribution in [0, 0.1) is 0 Å². The number of hydrogen-bond acceptors (Lipinski definition) is 4. The maximum atomic E-state index is 12.2. The second-order valence-electron chi connectivity index (χ2n) is 5.75. The fraction of sp³-hybridized carbons (Fsp3) is 0.333. The van der Waals surface area contributed by atoms with Gasteiger partial charge in [0.2, 0.25) is 0 Å². The number of H-pyrrole nitrogens is 1. The molecule has 0 saturated heterocycles. The van der Waals surface area contributed by atoms with Crippen LogP contribution < -0.4 is 10.1 Å². The van der Waals surface area contributed by atoms with Crippen LogP contribution in [0.4, 0.5) is 5.82 Å². The number of benzene rings is 1. The lowest BCUT2D eigenvalue weighted by Gasteiger charge is -2.14. The van der Waals surface area contributed by atoms with Crippen molar-refractivity contribution in [2.45, 2.75) is 26.2 Å². The van der Waals surface area contributed by atoms with Gasteiger partial charge in [-0.15, -0.1) is 0 Å². The number of aromatic nitrogens is 2. The van der Waals surface area contributed by atoms with E-state index in [-0.39, 0.29) is 16.7 Å². The van der Waals surface area contributed by atoms with Crippen molar-refractivity contribution in [3.05, 3.63) is 35.5 Å². The Labute approximate surface area is 123 Å². The molecule has 0 saturated carbocycles. The number of rotatable bonds is 3. The van der Waals surface area contributed by atoms with Gasteiger partial charge in [0.15, 0.2) is 5.82 Å². The predicted molar refractivity (Wildman–Crippen MR) is 79.9 cm³/mol. The maximum Gasteiger partial charge on any atom is 0.260 e. The van der Waals surface area contributed by atoms with Gasteiger partial charge in [-0.3, -0.25) is 9.89 Å². The quantitative estimate of drug-likeness (QED) is 0.810. The summed E-state index contributed by atoms with van der Waals surface area (Å²) in [6.07, 6.45) is 0. The fourth-order valence-electron chi connectivity index (χ4n) is 1.78. The van der Waals surface area contributed by atoms with Gasteiger partial charge in [0.25, 0.3) is 5.91 Å². The van der Waals surface area contributed by atoms with Crippen LogP contribution in [0.2, 0.25) is 0 Å². The van der Waals surface area contributed by atoms with E-state index in [4.69, 9.17) is 4.74 Å². The molecule has 1 aromatic carbocycles. The van der Waals surface area contributed by atoms with E-state index >= 15 is 0 Å². The minimum atomic E-state index is -0.446. The minimum absolute atomic E-state index is 0.0892. The molecule has 112 valence electrons. The number of methoxy groups -OCH3 is 1. The highest BCUT2D eigenvalue weighted by molar-refractivity contribution is 6.05. The van der Waals surface area contributed by atoms with Crippen LogP contribution in [0.25, 0.3) is 0 Å². The highest BCUT2D eigenvalue weighted by Gasteiger charge is 2.18. The van der Waals surface area contributed by atoms with Crippen LogP contribution in [0.3, 0.4) is 0 Å². The van der Waals surface area contributed by atoms with Crippen molar-refractivity contribution in [3.8, 4) is 11.5 Å². The number of phenolic OH excluding ortho intramolecular Hbond substituents is 1. The summed E-state index contributed by atoms with van der Waals surface area (Å²) in [5, 5.41) is 19.4. The summed E-state index contributed by atoms with van der Waals surface area (Å²) >= 11 is 0. The van der Waals surface area contributed by atoms with Crippen molar-refractivity contribution < 1.29 is 14.6 Å². The van der Waals surface area contributed by atoms with Crippen LogP contribution in [-0.4, -0.2) is 28.3 Å². The predicted octanol–water partition coefficient (Wildman–Crippen LogP) is 2.67. The molecule has 0 aliphatic rings. The first-order chi connectivity index (χ1) is 9.81. The van der Waals surface area contributed by atoms with Gasteiger partial charge < -0.3 is 15.2 Å². The van der Waals surface area contributed by atoms with Gasteiger partial charge in [-0.2, -0.15) is 5.10 Å². The molecule has 0 radical (unpaired) electrons. The molecule has 0 unspecified atom stereocenters. The molecule has 0 aliphatic carbocycles. The first kappa shape index (κ1) is 14.9. The van der Waals surface area contributed by atoms with Crippen LogP contribution >= 0.6 is 0 Å². The van der Waals surface area contributed by atoms with E-state index in [2.05, 4.69) is 15.5 Å². The molecule has 0 aliphatic heterocycles. The number of ether oxygens (including phenoxy) is 1. The van der Waals surface area contributed by atoms with Gasteiger partial charge in [0, 0.05) is 17.2 Å². The number of hydrogen-bond donors (Lipinski definition) is 3. The Kier molecular flexibility index (Phi) is 3.88. The molecule has 6 heteroatoms. The number of phenols is 1. The first-order valence-electron chi connectivity index (χ1n) is 6.55. The number of aromatic amines is 1. The second kappa shape index (κ2) is 5.47. The second-order valence-corrected chi connectivity index (χ2v) is 5.75. The Morgan fingerprint density at radius 3 is 2.62 bits per heavy atom. The SMILES string of the molecule is COc1ccc(O)c(C(=O)Nc2cc(C(C)(C)C)[nH]n2)c1. The molecular formula is C15H19N3O3. The molecule has 6 nitrogen and oxygen atoms in total. The molecule has 2 aromatic rings. The summed E-state index contributed by atoms with van der Waals surface area (Å²) in [5.41, 5.74) is 0.955. The summed E-state index contributed by atoms with van der Waals surface area (Å²) in [4.78, 5) is 12.2. The third-order valence-corrected chi connectivity index (χ3v) is 3.08. The molecule has 2 rings (SSSR count). The number of nitrogens with one attached hydrogen (secondary N) is 2. The van der Waals surface area contributed by atoms with E-state index in [1.54, 1.807) is 12.1 Å². The number of amides is 1. The van der Waals surface area contributed by atoms with E-state index < -0.39 is 5.91 Å². The molecule has 1 amide bonds. The molecule has 1 heterocycles. The summed E-state index contributed by atoms with van der Waals surface area (Å²) < 4.78 is 5.05. The van der Waals surface area contributed by atoms with Crippen molar-refractivity contribution >= 4 is 11.7 Å². The molecule has 3 N–H and O–H groups in total. The third kappa shape index (κ3) is 3.34. The highest BCUT2D eigenvalue weighted by Crippen LogP contribution is 2.25. The van der Waals surface area contributed by atoms with Crippen LogP contribution in [-0.2, 0) is 5.41 Å². The van der Waals surface area contributed by atoms with Crippen molar-refractivity contribution in [3.63, 3.8) is 0 Å². The van der Waals surface area contributed by atoms with Crippen molar-refractivity contribution in [2.75, 3.05) is 12.4 Å². The molecule has 0 fully saturated rings. The average Bonchev–Trinajstić information content (AvgIpc) is 2.87. The van der Waals surface area contributed by atoms with Crippen molar-refractivity contribution in [1.82, 2.24) is 10.2 Å². The Hall–Kier alpha value is -2.50. The number of carbonyl (C=O) groups is 1. The number of carbonyl (C=O) groups excluding carboxylic acids is 1. The third-order valence-electron chi connectivity index (χ3n) is 3.08. The van der Waals surface area contributed by atoms with Crippen LogP contribution in [0.15, 0.2) is 24.3 Å². The molecular weight excluding hydrogens is 270 g/mol. The summed E-state index contributed by atoms with van der Waals surface area (Å²) in [6.45, 7) is 6.13. The van der Waals surface area contributed by atoms with Crippen LogP contribution in [0.1, 0.15) is 36.8 Å². The van der Waals surface area contributed by atoms with Gasteiger partial charge >= 0.3 is 0 Å². The van der Waals surface area contributed by atoms with Crippen molar-refractivity contribution in [2.24, 2.45) is 0 Å². The van der Waals surface area contributed by atoms with E-state index in [0.717, 1.165) is 5.69 Å². The largest absolute Gasteiger partial charge is 0.507 e. The average molecular weight is 289 g/mol. The first-order valence-corrected chi connectivity index (χ1v) is 6.55. The number of anilines is 1. The van der Waals surface area contributed by atoms with Gasteiger partial charge in [0.05, 0.1) is 12.7 Å². The van der Waals surface area contributed by atoms with Gasteiger partial charge in [-0.25, -0.2) is 0 Å². The van der Waals surface area contributed by atoms with Gasteiger partial charge in [0.1, 0.15) is 11.5 Å². The van der Waals surface area contributed by atoms with Gasteiger partial charge in [-0.1, -0.05) is 20.8 Å². The maximum absolute atomic E-state index is 12.2. The topological polar surface area (TPSA) is 87.2 Å². The van der Waals surface area contributed by atoms with Crippen LogP contribution in [0.5, 0.6) is 11.5 Å². The highest BCUT2D eigenvalue weighted by atomic mass is 16.5. The Morgan fingerprint density at radius 1 is 1.33 bits per heavy atom. The molecule has 1 aromatic heterocycles. The monoisotopic (exact) mass is 289 g/mol. The normalized spacial score (nSPS) is 11.2. The Morgan fingerprint density at radius 2 is 2.05 bits per heavy atom. The van der Waals surface area contributed by atoms with Gasteiger partial charge in [-0.05, 0) is 18.2 Å². The minimum Gasteiger partial charge on any atom is -0.507 e. The summed E-state index contributed by atoms with van der Waals surface area (Å²) in [6, 6.07) is 6.24. The Bertz CT molecular complexity index is 656. The zero-order chi connectivity index (χ0) is 15.6. The van der Waals surface area contributed by atoms with E-state index in [1.807, 2.05) is 20.8 Å². The van der Waals surface area contributed by atoms with Crippen molar-refractivity contribution in [1.29, 1.82) is 0 Å². The number of aromatic hydroxyl groups is 1. The zero-order valence-electron chi connectivity index (χ0n) is 12.5. The lowest BCUT2D eigenvalue weighted by atomic mass is 9.92. The standard InChI is InChI=1S/C15H19N3O3/c1-15(2,3)12-8-13(18-17-12)16-14(20)10-7-9(21-4)5-6-11(10)19/h5-8,19H,1-4H3,(H2,16,17,18,20). The zero-order valence-corrected chi connectivity index (χ0v) is 12.5.